The first kappa shape index (κ1) is 15.8. The fraction of sp³-hybridized carbons (Fsp3) is 0.625. The van der Waals surface area contributed by atoms with Crippen LogP contribution in [0.15, 0.2) is 24.3 Å². The van der Waals surface area contributed by atoms with E-state index < -0.39 is 0 Å². The highest BCUT2D eigenvalue weighted by molar-refractivity contribution is 5.31. The van der Waals surface area contributed by atoms with E-state index in [1.807, 2.05) is 31.2 Å². The molecule has 0 aliphatic rings. The molecule has 19 heavy (non-hydrogen) atoms. The van der Waals surface area contributed by atoms with Gasteiger partial charge in [-0.1, -0.05) is 20.8 Å². The summed E-state index contributed by atoms with van der Waals surface area (Å²) in [6, 6.07) is 7.85. The van der Waals surface area contributed by atoms with Gasteiger partial charge in [0.2, 0.25) is 0 Å². The van der Waals surface area contributed by atoms with Crippen molar-refractivity contribution >= 4 is 0 Å². The largest absolute Gasteiger partial charge is 0.494 e. The lowest BCUT2D eigenvalue weighted by molar-refractivity contribution is 0.149. The minimum absolute atomic E-state index is 0.199. The van der Waals surface area contributed by atoms with Gasteiger partial charge in [0.15, 0.2) is 0 Å². The predicted octanol–water partition coefficient (Wildman–Crippen LogP) is 3.49. The van der Waals surface area contributed by atoms with Crippen molar-refractivity contribution in [3.05, 3.63) is 24.3 Å². The smallest absolute Gasteiger partial charge is 0.120 e. The third-order valence-corrected chi connectivity index (χ3v) is 2.94. The van der Waals surface area contributed by atoms with Crippen molar-refractivity contribution in [3.8, 4) is 11.5 Å². The average molecular weight is 265 g/mol. The van der Waals surface area contributed by atoms with Crippen LogP contribution in [0.1, 0.15) is 34.1 Å². The van der Waals surface area contributed by atoms with E-state index in [-0.39, 0.29) is 6.10 Å². The Morgan fingerprint density at radius 1 is 1.05 bits per heavy atom. The van der Waals surface area contributed by atoms with E-state index in [0.29, 0.717) is 12.5 Å². The van der Waals surface area contributed by atoms with Crippen LogP contribution in [0, 0.1) is 5.92 Å². The van der Waals surface area contributed by atoms with Crippen LogP contribution in [0.25, 0.3) is 0 Å². The zero-order valence-corrected chi connectivity index (χ0v) is 12.6. The predicted molar refractivity (Wildman–Crippen MR) is 80.0 cm³/mol. The number of hydrogen-bond acceptors (Lipinski definition) is 3. The molecule has 0 heterocycles. The number of nitrogens with one attached hydrogen (secondary N) is 1. The Morgan fingerprint density at radius 3 is 2.21 bits per heavy atom. The van der Waals surface area contributed by atoms with E-state index in [9.17, 15) is 0 Å². The topological polar surface area (TPSA) is 30.5 Å². The van der Waals surface area contributed by atoms with Crippen LogP contribution in [-0.4, -0.2) is 25.8 Å². The molecule has 0 aliphatic carbocycles. The maximum atomic E-state index is 6.04. The van der Waals surface area contributed by atoms with Crippen molar-refractivity contribution in [2.24, 2.45) is 5.92 Å². The summed E-state index contributed by atoms with van der Waals surface area (Å²) in [5, 5.41) is 3.42. The summed E-state index contributed by atoms with van der Waals surface area (Å²) < 4.78 is 11.5. The SMILES string of the molecule is CCCNCC(Oc1ccc(OCC)cc1)C(C)C. The van der Waals surface area contributed by atoms with Gasteiger partial charge in [0.1, 0.15) is 17.6 Å². The van der Waals surface area contributed by atoms with Crippen LogP contribution in [0.5, 0.6) is 11.5 Å². The van der Waals surface area contributed by atoms with E-state index in [4.69, 9.17) is 9.47 Å². The van der Waals surface area contributed by atoms with E-state index in [1.54, 1.807) is 0 Å². The quantitative estimate of drug-likeness (QED) is 0.693. The van der Waals surface area contributed by atoms with Crippen LogP contribution in [0.2, 0.25) is 0 Å². The molecule has 1 rings (SSSR count). The number of benzene rings is 1. The maximum Gasteiger partial charge on any atom is 0.120 e. The molecule has 0 aromatic heterocycles. The third kappa shape index (κ3) is 5.97. The Hall–Kier alpha value is -1.22. The normalized spacial score (nSPS) is 12.5. The van der Waals surface area contributed by atoms with Crippen LogP contribution in [-0.2, 0) is 0 Å². The summed E-state index contributed by atoms with van der Waals surface area (Å²) in [7, 11) is 0. The molecule has 3 heteroatoms. The Bertz CT molecular complexity index is 335. The molecule has 1 aromatic rings. The summed E-state index contributed by atoms with van der Waals surface area (Å²) in [6.45, 7) is 11.1. The highest BCUT2D eigenvalue weighted by Crippen LogP contribution is 2.20. The molecule has 0 bridgehead atoms. The lowest BCUT2D eigenvalue weighted by atomic mass is 10.1. The Kier molecular flexibility index (Phi) is 7.34. The zero-order chi connectivity index (χ0) is 14.1. The molecular formula is C16H27NO2. The summed E-state index contributed by atoms with van der Waals surface area (Å²) in [5.74, 6) is 2.27. The molecule has 1 atom stereocenters. The second-order valence-corrected chi connectivity index (χ2v) is 5.01. The van der Waals surface area contributed by atoms with Gasteiger partial charge in [-0.3, -0.25) is 0 Å². The lowest BCUT2D eigenvalue weighted by Gasteiger charge is -2.23. The van der Waals surface area contributed by atoms with Gasteiger partial charge in [-0.05, 0) is 50.1 Å². The van der Waals surface area contributed by atoms with E-state index in [2.05, 4.69) is 26.1 Å². The molecule has 0 aliphatic heterocycles. The first-order valence-corrected chi connectivity index (χ1v) is 7.27. The van der Waals surface area contributed by atoms with Gasteiger partial charge in [-0.25, -0.2) is 0 Å². The highest BCUT2D eigenvalue weighted by Gasteiger charge is 2.14. The van der Waals surface area contributed by atoms with Gasteiger partial charge in [0.05, 0.1) is 6.61 Å². The van der Waals surface area contributed by atoms with Crippen LogP contribution < -0.4 is 14.8 Å². The molecule has 0 spiro atoms. The summed E-state index contributed by atoms with van der Waals surface area (Å²) >= 11 is 0. The van der Waals surface area contributed by atoms with Gasteiger partial charge in [-0.15, -0.1) is 0 Å². The number of rotatable bonds is 9. The third-order valence-electron chi connectivity index (χ3n) is 2.94. The van der Waals surface area contributed by atoms with Crippen LogP contribution in [0.3, 0.4) is 0 Å². The molecule has 3 nitrogen and oxygen atoms in total. The Morgan fingerprint density at radius 2 is 1.68 bits per heavy atom. The summed E-state index contributed by atoms with van der Waals surface area (Å²) in [4.78, 5) is 0. The van der Waals surface area contributed by atoms with Crippen molar-refractivity contribution in [3.63, 3.8) is 0 Å². The van der Waals surface area contributed by atoms with Crippen LogP contribution >= 0.6 is 0 Å². The molecule has 0 fully saturated rings. The maximum absolute atomic E-state index is 6.04. The van der Waals surface area contributed by atoms with Gasteiger partial charge in [0, 0.05) is 6.54 Å². The number of hydrogen-bond donors (Lipinski definition) is 1. The zero-order valence-electron chi connectivity index (χ0n) is 12.6. The second kappa shape index (κ2) is 8.81. The van der Waals surface area contributed by atoms with E-state index in [0.717, 1.165) is 31.0 Å². The fourth-order valence-corrected chi connectivity index (χ4v) is 1.79. The first-order chi connectivity index (χ1) is 9.17. The monoisotopic (exact) mass is 265 g/mol. The molecule has 0 radical (unpaired) electrons. The Balaban J connectivity index is 2.52. The Labute approximate surface area is 117 Å². The van der Waals surface area contributed by atoms with Crippen molar-refractivity contribution in [2.75, 3.05) is 19.7 Å². The van der Waals surface area contributed by atoms with E-state index in [1.165, 1.54) is 0 Å². The molecule has 1 unspecified atom stereocenters. The van der Waals surface area contributed by atoms with Crippen molar-refractivity contribution in [1.82, 2.24) is 5.32 Å². The minimum Gasteiger partial charge on any atom is -0.494 e. The van der Waals surface area contributed by atoms with Crippen molar-refractivity contribution in [2.45, 2.75) is 40.2 Å². The van der Waals surface area contributed by atoms with Gasteiger partial charge in [-0.2, -0.15) is 0 Å². The molecular weight excluding hydrogens is 238 g/mol. The average Bonchev–Trinajstić information content (AvgIpc) is 2.40. The highest BCUT2D eigenvalue weighted by atomic mass is 16.5. The minimum atomic E-state index is 0.199. The molecule has 1 aromatic carbocycles. The van der Waals surface area contributed by atoms with Gasteiger partial charge in [0.25, 0.3) is 0 Å². The summed E-state index contributed by atoms with van der Waals surface area (Å²) in [6.07, 6.45) is 1.35. The van der Waals surface area contributed by atoms with Crippen molar-refractivity contribution < 1.29 is 9.47 Å². The van der Waals surface area contributed by atoms with E-state index >= 15 is 0 Å². The molecule has 0 amide bonds. The molecule has 0 saturated heterocycles. The molecule has 108 valence electrons. The van der Waals surface area contributed by atoms with Gasteiger partial charge >= 0.3 is 0 Å². The first-order valence-electron chi connectivity index (χ1n) is 7.27. The van der Waals surface area contributed by atoms with Gasteiger partial charge < -0.3 is 14.8 Å². The number of ether oxygens (including phenoxy) is 2. The lowest BCUT2D eigenvalue weighted by Crippen LogP contribution is -2.35. The second-order valence-electron chi connectivity index (χ2n) is 5.01. The fourth-order valence-electron chi connectivity index (χ4n) is 1.79. The standard InChI is InChI=1S/C16H27NO2/c1-5-11-17-12-16(13(3)4)19-15-9-7-14(8-10-15)18-6-2/h7-10,13,16-17H,5-6,11-12H2,1-4H3. The molecule has 0 saturated carbocycles. The summed E-state index contributed by atoms with van der Waals surface area (Å²) in [5.41, 5.74) is 0. The van der Waals surface area contributed by atoms with Crippen molar-refractivity contribution in [1.29, 1.82) is 0 Å². The van der Waals surface area contributed by atoms with Crippen LogP contribution in [0.4, 0.5) is 0 Å². The molecule has 1 N–H and O–H groups in total.